The number of benzene rings is 1. The number of ether oxygens (including phenoxy) is 1. The number of fused-ring (bicyclic) bond motifs is 1. The highest BCUT2D eigenvalue weighted by Gasteiger charge is 2.30. The summed E-state index contributed by atoms with van der Waals surface area (Å²) in [4.78, 5) is 3.74. The van der Waals surface area contributed by atoms with Crippen LogP contribution in [0.2, 0.25) is 0 Å². The summed E-state index contributed by atoms with van der Waals surface area (Å²) in [5.41, 5.74) is 0.679. The fraction of sp³-hybridized carbons (Fsp3) is 0.300. The predicted molar refractivity (Wildman–Crippen MR) is 50.3 cm³/mol. The van der Waals surface area contributed by atoms with Gasteiger partial charge in [0.15, 0.2) is 5.58 Å². The number of oxazole rings is 1. The standard InChI is InChI=1S/C10H8F3NO2/c1-15-6-2-3-8-7(4-6)14-9(16-8)5-10(11,12)13/h2-4H,5H2,1H3. The average molecular weight is 231 g/mol. The van der Waals surface area contributed by atoms with Gasteiger partial charge >= 0.3 is 6.18 Å². The first-order valence-electron chi connectivity index (χ1n) is 4.48. The molecule has 0 saturated heterocycles. The smallest absolute Gasteiger partial charge is 0.397 e. The molecule has 0 amide bonds. The van der Waals surface area contributed by atoms with Crippen molar-refractivity contribution >= 4 is 11.1 Å². The zero-order valence-corrected chi connectivity index (χ0v) is 8.34. The van der Waals surface area contributed by atoms with Crippen molar-refractivity contribution in [2.75, 3.05) is 7.11 Å². The van der Waals surface area contributed by atoms with E-state index < -0.39 is 12.6 Å². The summed E-state index contributed by atoms with van der Waals surface area (Å²) in [6, 6.07) is 4.66. The zero-order chi connectivity index (χ0) is 11.8. The molecule has 0 aliphatic rings. The highest BCUT2D eigenvalue weighted by atomic mass is 19.4. The third-order valence-electron chi connectivity index (χ3n) is 1.99. The molecule has 0 N–H and O–H groups in total. The Balaban J connectivity index is 2.36. The molecule has 2 aromatic rings. The number of aromatic nitrogens is 1. The second-order valence-corrected chi connectivity index (χ2v) is 3.23. The number of nitrogens with zero attached hydrogens (tertiary/aromatic N) is 1. The molecule has 1 aromatic carbocycles. The fourth-order valence-electron chi connectivity index (χ4n) is 1.33. The molecule has 0 radical (unpaired) electrons. The number of halogens is 3. The molecule has 86 valence electrons. The first kappa shape index (κ1) is 10.8. The van der Waals surface area contributed by atoms with E-state index in [2.05, 4.69) is 4.98 Å². The van der Waals surface area contributed by atoms with Gasteiger partial charge in [0.2, 0.25) is 5.89 Å². The van der Waals surface area contributed by atoms with Crippen LogP contribution < -0.4 is 4.74 Å². The molecule has 0 saturated carbocycles. The van der Waals surface area contributed by atoms with Gasteiger partial charge in [0.25, 0.3) is 0 Å². The molecule has 1 aromatic heterocycles. The van der Waals surface area contributed by atoms with Crippen LogP contribution in [0.1, 0.15) is 5.89 Å². The molecule has 1 heterocycles. The lowest BCUT2D eigenvalue weighted by atomic mass is 10.3. The van der Waals surface area contributed by atoms with E-state index in [9.17, 15) is 13.2 Å². The van der Waals surface area contributed by atoms with E-state index in [1.54, 1.807) is 6.07 Å². The minimum atomic E-state index is -4.31. The van der Waals surface area contributed by atoms with Gasteiger partial charge in [-0.05, 0) is 12.1 Å². The fourth-order valence-corrected chi connectivity index (χ4v) is 1.33. The van der Waals surface area contributed by atoms with E-state index in [-0.39, 0.29) is 5.89 Å². The number of alkyl halides is 3. The highest BCUT2D eigenvalue weighted by Crippen LogP contribution is 2.25. The molecular formula is C10H8F3NO2. The summed E-state index contributed by atoms with van der Waals surface area (Å²) in [6.07, 6.45) is -5.48. The van der Waals surface area contributed by atoms with Gasteiger partial charge in [-0.3, -0.25) is 0 Å². The first-order chi connectivity index (χ1) is 7.48. The lowest BCUT2D eigenvalue weighted by molar-refractivity contribution is -0.130. The van der Waals surface area contributed by atoms with E-state index in [1.165, 1.54) is 19.2 Å². The van der Waals surface area contributed by atoms with Crippen molar-refractivity contribution in [3.05, 3.63) is 24.1 Å². The molecular weight excluding hydrogens is 223 g/mol. The van der Waals surface area contributed by atoms with E-state index in [4.69, 9.17) is 9.15 Å². The van der Waals surface area contributed by atoms with Gasteiger partial charge in [0.05, 0.1) is 7.11 Å². The molecule has 0 fully saturated rings. The average Bonchev–Trinajstić information content (AvgIpc) is 2.55. The summed E-state index contributed by atoms with van der Waals surface area (Å²) in [7, 11) is 1.47. The maximum atomic E-state index is 12.1. The molecule has 0 aliphatic heterocycles. The second-order valence-electron chi connectivity index (χ2n) is 3.23. The Morgan fingerprint density at radius 3 is 2.75 bits per heavy atom. The molecule has 0 atom stereocenters. The van der Waals surface area contributed by atoms with Crippen LogP contribution in [0.15, 0.2) is 22.6 Å². The second kappa shape index (κ2) is 3.70. The van der Waals surface area contributed by atoms with Gasteiger partial charge in [-0.25, -0.2) is 4.98 Å². The summed E-state index contributed by atoms with van der Waals surface area (Å²) in [5.74, 6) is 0.190. The monoisotopic (exact) mass is 231 g/mol. The van der Waals surface area contributed by atoms with Crippen molar-refractivity contribution in [3.63, 3.8) is 0 Å². The number of hydrogen-bond donors (Lipinski definition) is 0. The first-order valence-corrected chi connectivity index (χ1v) is 4.48. The SMILES string of the molecule is COc1ccc2oc(CC(F)(F)F)nc2c1. The van der Waals surface area contributed by atoms with Crippen molar-refractivity contribution in [3.8, 4) is 5.75 Å². The van der Waals surface area contributed by atoms with Gasteiger partial charge in [0, 0.05) is 6.07 Å². The lowest BCUT2D eigenvalue weighted by Gasteiger charge is -2.00. The summed E-state index contributed by atoms with van der Waals surface area (Å²) < 4.78 is 46.2. The summed E-state index contributed by atoms with van der Waals surface area (Å²) >= 11 is 0. The predicted octanol–water partition coefficient (Wildman–Crippen LogP) is 2.94. The Kier molecular flexibility index (Phi) is 2.49. The van der Waals surface area contributed by atoms with Crippen LogP contribution >= 0.6 is 0 Å². The Bertz CT molecular complexity index is 504. The highest BCUT2D eigenvalue weighted by molar-refractivity contribution is 5.74. The molecule has 0 unspecified atom stereocenters. The molecule has 6 heteroatoms. The Hall–Kier alpha value is -1.72. The largest absolute Gasteiger partial charge is 0.497 e. The van der Waals surface area contributed by atoms with Crippen molar-refractivity contribution < 1.29 is 22.3 Å². The quantitative estimate of drug-likeness (QED) is 0.797. The van der Waals surface area contributed by atoms with E-state index in [1.807, 2.05) is 0 Å². The molecule has 3 nitrogen and oxygen atoms in total. The Labute approximate surface area is 88.8 Å². The van der Waals surface area contributed by atoms with Crippen molar-refractivity contribution in [2.24, 2.45) is 0 Å². The molecule has 0 bridgehead atoms. The zero-order valence-electron chi connectivity index (χ0n) is 8.34. The third-order valence-corrected chi connectivity index (χ3v) is 1.99. The molecule has 16 heavy (non-hydrogen) atoms. The van der Waals surface area contributed by atoms with Crippen molar-refractivity contribution in [1.29, 1.82) is 0 Å². The van der Waals surface area contributed by atoms with Crippen LogP contribution in [0.4, 0.5) is 13.2 Å². The summed E-state index contributed by atoms with van der Waals surface area (Å²) in [6.45, 7) is 0. The summed E-state index contributed by atoms with van der Waals surface area (Å²) in [5, 5.41) is 0. The van der Waals surface area contributed by atoms with Crippen LogP contribution in [-0.2, 0) is 6.42 Å². The van der Waals surface area contributed by atoms with Crippen molar-refractivity contribution in [2.45, 2.75) is 12.6 Å². The molecule has 2 rings (SSSR count). The number of hydrogen-bond acceptors (Lipinski definition) is 3. The maximum Gasteiger partial charge on any atom is 0.397 e. The van der Waals surface area contributed by atoms with E-state index >= 15 is 0 Å². The molecule has 0 spiro atoms. The third kappa shape index (κ3) is 2.26. The van der Waals surface area contributed by atoms with Crippen LogP contribution in [0.25, 0.3) is 11.1 Å². The number of methoxy groups -OCH3 is 1. The minimum Gasteiger partial charge on any atom is -0.497 e. The van der Waals surface area contributed by atoms with Crippen LogP contribution in [0.5, 0.6) is 5.75 Å². The minimum absolute atomic E-state index is 0.319. The molecule has 0 aliphatic carbocycles. The number of rotatable bonds is 2. The van der Waals surface area contributed by atoms with E-state index in [0.29, 0.717) is 16.8 Å². The Morgan fingerprint density at radius 1 is 1.38 bits per heavy atom. The van der Waals surface area contributed by atoms with Gasteiger partial charge in [-0.2, -0.15) is 13.2 Å². The van der Waals surface area contributed by atoms with Crippen LogP contribution in [-0.4, -0.2) is 18.3 Å². The van der Waals surface area contributed by atoms with Gasteiger partial charge in [0.1, 0.15) is 17.7 Å². The van der Waals surface area contributed by atoms with Crippen molar-refractivity contribution in [1.82, 2.24) is 4.98 Å². The lowest BCUT2D eigenvalue weighted by Crippen LogP contribution is -2.11. The maximum absolute atomic E-state index is 12.1. The normalized spacial score (nSPS) is 12.0. The van der Waals surface area contributed by atoms with Crippen LogP contribution in [0.3, 0.4) is 0 Å². The van der Waals surface area contributed by atoms with Crippen LogP contribution in [0, 0.1) is 0 Å². The topological polar surface area (TPSA) is 35.3 Å². The van der Waals surface area contributed by atoms with Gasteiger partial charge in [-0.15, -0.1) is 0 Å². The van der Waals surface area contributed by atoms with E-state index in [0.717, 1.165) is 0 Å². The van der Waals surface area contributed by atoms with Gasteiger partial charge < -0.3 is 9.15 Å². The Morgan fingerprint density at radius 2 is 2.12 bits per heavy atom. The van der Waals surface area contributed by atoms with Gasteiger partial charge in [-0.1, -0.05) is 0 Å².